The molecule has 1 saturated carbocycles. The molecular formula is C17H14F3N3O2. The molecule has 1 aliphatic carbocycles. The molecule has 0 atom stereocenters. The van der Waals surface area contributed by atoms with Crippen molar-refractivity contribution >= 4 is 6.09 Å². The summed E-state index contributed by atoms with van der Waals surface area (Å²) >= 11 is 0. The third kappa shape index (κ3) is 3.04. The number of benzene rings is 1. The van der Waals surface area contributed by atoms with E-state index in [0.29, 0.717) is 23.5 Å². The van der Waals surface area contributed by atoms with E-state index in [1.807, 2.05) is 0 Å². The summed E-state index contributed by atoms with van der Waals surface area (Å²) in [6.45, 7) is 0.744. The number of nitrogens with zero attached hydrogens (tertiary/aromatic N) is 3. The average molecular weight is 349 g/mol. The molecule has 0 bridgehead atoms. The summed E-state index contributed by atoms with van der Waals surface area (Å²) in [5.41, 5.74) is 0.186. The lowest BCUT2D eigenvalue weighted by molar-refractivity contribution is 0.122. The smallest absolute Gasteiger partial charge is 0.410 e. The van der Waals surface area contributed by atoms with Crippen LogP contribution in [0.25, 0.3) is 11.3 Å². The summed E-state index contributed by atoms with van der Waals surface area (Å²) in [4.78, 5) is 21.8. The Balaban J connectivity index is 1.57. The Morgan fingerprint density at radius 2 is 2.08 bits per heavy atom. The van der Waals surface area contributed by atoms with Crippen molar-refractivity contribution in [3.05, 3.63) is 47.7 Å². The SMILES string of the molecule is O=C1OC2(CC2)CN1Cc1cncc(-c2ccc(F)c(C(F)F)c2)n1. The Morgan fingerprint density at radius 1 is 1.28 bits per heavy atom. The molecule has 25 heavy (non-hydrogen) atoms. The molecular weight excluding hydrogens is 335 g/mol. The summed E-state index contributed by atoms with van der Waals surface area (Å²) in [5, 5.41) is 0. The van der Waals surface area contributed by atoms with E-state index in [2.05, 4.69) is 9.97 Å². The second-order valence-electron chi connectivity index (χ2n) is 6.34. The minimum Gasteiger partial charge on any atom is -0.441 e. The number of rotatable bonds is 4. The van der Waals surface area contributed by atoms with E-state index in [4.69, 9.17) is 4.74 Å². The van der Waals surface area contributed by atoms with E-state index < -0.39 is 17.8 Å². The predicted octanol–water partition coefficient (Wildman–Crippen LogP) is 3.71. The molecule has 1 amide bonds. The topological polar surface area (TPSA) is 55.3 Å². The van der Waals surface area contributed by atoms with Crippen LogP contribution in [0.4, 0.5) is 18.0 Å². The maximum atomic E-state index is 13.4. The van der Waals surface area contributed by atoms with Crippen molar-refractivity contribution in [3.8, 4) is 11.3 Å². The highest BCUT2D eigenvalue weighted by atomic mass is 19.3. The third-order valence-corrected chi connectivity index (χ3v) is 4.41. The number of carbonyl (C=O) groups is 1. The summed E-state index contributed by atoms with van der Waals surface area (Å²) in [6, 6.07) is 3.43. The maximum Gasteiger partial charge on any atom is 0.410 e. The number of aromatic nitrogens is 2. The van der Waals surface area contributed by atoms with Gasteiger partial charge in [-0.1, -0.05) is 0 Å². The van der Waals surface area contributed by atoms with Gasteiger partial charge in [-0.2, -0.15) is 0 Å². The number of ether oxygens (including phenoxy) is 1. The van der Waals surface area contributed by atoms with Gasteiger partial charge in [0.1, 0.15) is 11.4 Å². The maximum absolute atomic E-state index is 13.4. The van der Waals surface area contributed by atoms with Crippen LogP contribution in [-0.2, 0) is 11.3 Å². The third-order valence-electron chi connectivity index (χ3n) is 4.41. The van der Waals surface area contributed by atoms with Gasteiger partial charge in [0, 0.05) is 5.56 Å². The molecule has 8 heteroatoms. The normalized spacial score (nSPS) is 18.1. The minimum atomic E-state index is -2.91. The highest BCUT2D eigenvalue weighted by Crippen LogP contribution is 2.44. The molecule has 2 aromatic rings. The number of amides is 1. The van der Waals surface area contributed by atoms with Crippen molar-refractivity contribution in [2.45, 2.75) is 31.4 Å². The van der Waals surface area contributed by atoms with Gasteiger partial charge in [0.25, 0.3) is 6.43 Å². The first-order valence-electron chi connectivity index (χ1n) is 7.83. The zero-order valence-electron chi connectivity index (χ0n) is 13.1. The highest BCUT2D eigenvalue weighted by Gasteiger charge is 2.54. The first-order chi connectivity index (χ1) is 12.0. The van der Waals surface area contributed by atoms with Crippen LogP contribution < -0.4 is 0 Å². The highest BCUT2D eigenvalue weighted by molar-refractivity contribution is 5.71. The molecule has 1 aliphatic heterocycles. The van der Waals surface area contributed by atoms with Gasteiger partial charge >= 0.3 is 6.09 Å². The standard InChI is InChI=1S/C17H14F3N3O2/c18-13-2-1-10(5-12(13)15(19)20)14-7-21-6-11(22-14)8-23-9-17(3-4-17)25-16(23)24/h1-2,5-7,15H,3-4,8-9H2. The van der Waals surface area contributed by atoms with E-state index >= 15 is 0 Å². The lowest BCUT2D eigenvalue weighted by Gasteiger charge is -2.13. The number of halogens is 3. The summed E-state index contributed by atoms with van der Waals surface area (Å²) in [6.07, 6.45) is 1.36. The quantitative estimate of drug-likeness (QED) is 0.844. The summed E-state index contributed by atoms with van der Waals surface area (Å²) in [5.74, 6) is -0.961. The Bertz CT molecular complexity index is 840. The number of hydrogen-bond acceptors (Lipinski definition) is 4. The average Bonchev–Trinajstić information content (AvgIpc) is 3.26. The molecule has 130 valence electrons. The van der Waals surface area contributed by atoms with E-state index in [9.17, 15) is 18.0 Å². The van der Waals surface area contributed by atoms with Gasteiger partial charge in [-0.3, -0.25) is 9.88 Å². The fourth-order valence-corrected chi connectivity index (χ4v) is 2.90. The van der Waals surface area contributed by atoms with Crippen molar-refractivity contribution in [3.63, 3.8) is 0 Å². The molecule has 1 aromatic carbocycles. The van der Waals surface area contributed by atoms with Crippen LogP contribution in [0.5, 0.6) is 0 Å². The van der Waals surface area contributed by atoms with Gasteiger partial charge in [0.2, 0.25) is 0 Å². The minimum absolute atomic E-state index is 0.227. The van der Waals surface area contributed by atoms with Gasteiger partial charge in [0.15, 0.2) is 0 Å². The molecule has 0 N–H and O–H groups in total. The van der Waals surface area contributed by atoms with Crippen LogP contribution in [0.2, 0.25) is 0 Å². The van der Waals surface area contributed by atoms with E-state index in [1.54, 1.807) is 4.90 Å². The number of carbonyl (C=O) groups excluding carboxylic acids is 1. The summed E-state index contributed by atoms with van der Waals surface area (Å²) in [7, 11) is 0. The lowest BCUT2D eigenvalue weighted by atomic mass is 10.1. The molecule has 0 radical (unpaired) electrons. The first-order valence-corrected chi connectivity index (χ1v) is 7.83. The molecule has 1 saturated heterocycles. The predicted molar refractivity (Wildman–Crippen MR) is 81.2 cm³/mol. The molecule has 2 heterocycles. The van der Waals surface area contributed by atoms with Gasteiger partial charge < -0.3 is 4.74 Å². The first kappa shape index (κ1) is 15.9. The number of alkyl halides is 2. The fraction of sp³-hybridized carbons (Fsp3) is 0.353. The molecule has 4 rings (SSSR count). The van der Waals surface area contributed by atoms with Crippen molar-refractivity contribution in [2.24, 2.45) is 0 Å². The molecule has 2 fully saturated rings. The van der Waals surface area contributed by atoms with Crippen molar-refractivity contribution < 1.29 is 22.7 Å². The Kier molecular flexibility index (Phi) is 3.63. The zero-order chi connectivity index (χ0) is 17.6. The van der Waals surface area contributed by atoms with Crippen LogP contribution in [0.3, 0.4) is 0 Å². The van der Waals surface area contributed by atoms with Crippen LogP contribution in [0, 0.1) is 5.82 Å². The Labute approximate surface area is 141 Å². The summed E-state index contributed by atoms with van der Waals surface area (Å²) < 4.78 is 44.5. The Hall–Kier alpha value is -2.64. The van der Waals surface area contributed by atoms with Crippen molar-refractivity contribution in [2.75, 3.05) is 6.54 Å². The monoisotopic (exact) mass is 349 g/mol. The van der Waals surface area contributed by atoms with Gasteiger partial charge in [-0.25, -0.2) is 22.9 Å². The van der Waals surface area contributed by atoms with Crippen LogP contribution in [0.1, 0.15) is 30.5 Å². The van der Waals surface area contributed by atoms with Crippen LogP contribution in [-0.4, -0.2) is 33.1 Å². The fourth-order valence-electron chi connectivity index (χ4n) is 2.90. The molecule has 2 aliphatic rings. The van der Waals surface area contributed by atoms with Crippen LogP contribution >= 0.6 is 0 Å². The zero-order valence-corrected chi connectivity index (χ0v) is 13.1. The Morgan fingerprint density at radius 3 is 2.76 bits per heavy atom. The van der Waals surface area contributed by atoms with E-state index in [0.717, 1.165) is 25.0 Å². The molecule has 5 nitrogen and oxygen atoms in total. The number of hydrogen-bond donors (Lipinski definition) is 0. The molecule has 1 spiro atoms. The van der Waals surface area contributed by atoms with Crippen LogP contribution in [0.15, 0.2) is 30.6 Å². The van der Waals surface area contributed by atoms with E-state index in [-0.39, 0.29) is 18.2 Å². The van der Waals surface area contributed by atoms with Crippen molar-refractivity contribution in [1.82, 2.24) is 14.9 Å². The second kappa shape index (κ2) is 5.72. The van der Waals surface area contributed by atoms with Gasteiger partial charge in [-0.05, 0) is 31.0 Å². The molecule has 0 unspecified atom stereocenters. The largest absolute Gasteiger partial charge is 0.441 e. The van der Waals surface area contributed by atoms with Gasteiger partial charge in [0.05, 0.1) is 42.4 Å². The lowest BCUT2D eigenvalue weighted by Crippen LogP contribution is -2.25. The second-order valence-corrected chi connectivity index (χ2v) is 6.34. The van der Waals surface area contributed by atoms with E-state index in [1.165, 1.54) is 18.5 Å². The van der Waals surface area contributed by atoms with Crippen molar-refractivity contribution in [1.29, 1.82) is 0 Å². The molecule has 1 aromatic heterocycles. The van der Waals surface area contributed by atoms with Gasteiger partial charge in [-0.15, -0.1) is 0 Å².